The Bertz CT molecular complexity index is 846. The minimum atomic E-state index is -0.657. The molecule has 0 saturated heterocycles. The number of amides is 1. The number of hydrogen-bond donors (Lipinski definition) is 1. The Hall–Kier alpha value is -1.63. The average Bonchev–Trinajstić information content (AvgIpc) is 2.87. The van der Waals surface area contributed by atoms with E-state index in [-0.39, 0.29) is 10.6 Å². The van der Waals surface area contributed by atoms with Crippen molar-refractivity contribution in [3.05, 3.63) is 52.8 Å². The third kappa shape index (κ3) is 2.95. The maximum Gasteiger partial charge on any atom is 0.261 e. The average molecular weight is 353 g/mol. The monoisotopic (exact) mass is 352 g/mol. The molecule has 0 fully saturated rings. The Morgan fingerprint density at radius 3 is 2.91 bits per heavy atom. The van der Waals surface area contributed by atoms with Gasteiger partial charge in [0.15, 0.2) is 5.13 Å². The smallest absolute Gasteiger partial charge is 0.261 e. The molecular weight excluding hydrogens is 343 g/mol. The minimum Gasteiger partial charge on any atom is -0.298 e. The van der Waals surface area contributed by atoms with Crippen LogP contribution in [-0.2, 0) is 0 Å². The summed E-state index contributed by atoms with van der Waals surface area (Å²) in [5.41, 5.74) is 0.617. The summed E-state index contributed by atoms with van der Waals surface area (Å²) in [5, 5.41) is 3.09. The third-order valence-electron chi connectivity index (χ3n) is 3.01. The number of carbonyl (C=O) groups is 1. The van der Waals surface area contributed by atoms with Gasteiger partial charge in [-0.2, -0.15) is 0 Å². The van der Waals surface area contributed by atoms with Crippen molar-refractivity contribution in [3.8, 4) is 0 Å². The number of thioether (sulfide) groups is 1. The summed E-state index contributed by atoms with van der Waals surface area (Å²) in [4.78, 5) is 17.6. The first kappa shape index (κ1) is 15.3. The van der Waals surface area contributed by atoms with Gasteiger partial charge in [0.05, 0.1) is 20.8 Å². The summed E-state index contributed by atoms with van der Waals surface area (Å²) in [6.07, 6.45) is 1.99. The summed E-state index contributed by atoms with van der Waals surface area (Å²) in [6.45, 7) is 0. The number of aromatic nitrogens is 1. The van der Waals surface area contributed by atoms with Crippen LogP contribution in [0.3, 0.4) is 0 Å². The van der Waals surface area contributed by atoms with E-state index in [0.29, 0.717) is 5.13 Å². The lowest BCUT2D eigenvalue weighted by Crippen LogP contribution is -2.14. The fraction of sp³-hybridized carbons (Fsp3) is 0.0667. The standard InChI is InChI=1S/C15H10ClFN2OS2/c1-21-8-5-6-11-12(7-8)22-15(18-11)19-14(20)13-9(16)3-2-4-10(13)17/h2-7H,1H3,(H,18,19,20). The largest absolute Gasteiger partial charge is 0.298 e. The molecule has 3 rings (SSSR count). The van der Waals surface area contributed by atoms with Gasteiger partial charge in [0.25, 0.3) is 5.91 Å². The number of carbonyl (C=O) groups excluding carboxylic acids is 1. The molecule has 2 aromatic carbocycles. The predicted octanol–water partition coefficient (Wildman–Crippen LogP) is 5.06. The van der Waals surface area contributed by atoms with Crippen LogP contribution in [0, 0.1) is 5.82 Å². The van der Waals surface area contributed by atoms with E-state index in [4.69, 9.17) is 11.6 Å². The molecule has 0 aliphatic heterocycles. The van der Waals surface area contributed by atoms with E-state index in [0.717, 1.165) is 15.1 Å². The van der Waals surface area contributed by atoms with E-state index in [1.807, 2.05) is 24.5 Å². The summed E-state index contributed by atoms with van der Waals surface area (Å²) in [7, 11) is 0. The van der Waals surface area contributed by atoms with Crippen molar-refractivity contribution in [2.24, 2.45) is 0 Å². The van der Waals surface area contributed by atoms with Gasteiger partial charge in [0, 0.05) is 4.90 Å². The van der Waals surface area contributed by atoms with Crippen molar-refractivity contribution < 1.29 is 9.18 Å². The molecule has 0 aliphatic carbocycles. The Morgan fingerprint density at radius 2 is 2.18 bits per heavy atom. The van der Waals surface area contributed by atoms with Crippen molar-refractivity contribution in [1.29, 1.82) is 0 Å². The molecule has 0 unspecified atom stereocenters. The fourth-order valence-electron chi connectivity index (χ4n) is 1.96. The van der Waals surface area contributed by atoms with Crippen LogP contribution >= 0.6 is 34.7 Å². The van der Waals surface area contributed by atoms with Gasteiger partial charge in [-0.15, -0.1) is 11.8 Å². The highest BCUT2D eigenvalue weighted by molar-refractivity contribution is 7.98. The molecular formula is C15H10ClFN2OS2. The number of benzene rings is 2. The molecule has 1 amide bonds. The summed E-state index contributed by atoms with van der Waals surface area (Å²) >= 11 is 8.86. The van der Waals surface area contributed by atoms with Gasteiger partial charge in [-0.3, -0.25) is 10.1 Å². The van der Waals surface area contributed by atoms with Crippen molar-refractivity contribution in [2.45, 2.75) is 4.90 Å². The second kappa shape index (κ2) is 6.24. The number of rotatable bonds is 3. The fourth-order valence-corrected chi connectivity index (χ4v) is 3.62. The number of thiazole rings is 1. The SMILES string of the molecule is CSc1ccc2nc(NC(=O)c3c(F)cccc3Cl)sc2c1. The van der Waals surface area contributed by atoms with Crippen molar-refractivity contribution in [2.75, 3.05) is 11.6 Å². The number of nitrogens with one attached hydrogen (secondary N) is 1. The van der Waals surface area contributed by atoms with Crippen LogP contribution in [0.25, 0.3) is 10.2 Å². The molecule has 0 saturated carbocycles. The van der Waals surface area contributed by atoms with Gasteiger partial charge < -0.3 is 0 Å². The molecule has 1 N–H and O–H groups in total. The molecule has 1 heterocycles. The van der Waals surface area contributed by atoms with Crippen LogP contribution in [0.1, 0.15) is 10.4 Å². The Balaban J connectivity index is 1.91. The zero-order valence-electron chi connectivity index (χ0n) is 11.4. The highest BCUT2D eigenvalue weighted by Crippen LogP contribution is 2.30. The Labute approximate surface area is 139 Å². The Kier molecular flexibility index (Phi) is 4.33. The molecule has 112 valence electrons. The van der Waals surface area contributed by atoms with Gasteiger partial charge in [-0.05, 0) is 36.6 Å². The van der Waals surface area contributed by atoms with Crippen molar-refractivity contribution in [1.82, 2.24) is 4.98 Å². The van der Waals surface area contributed by atoms with Crippen molar-refractivity contribution >= 4 is 56.0 Å². The number of anilines is 1. The Morgan fingerprint density at radius 1 is 1.36 bits per heavy atom. The van der Waals surface area contributed by atoms with Crippen molar-refractivity contribution in [3.63, 3.8) is 0 Å². The van der Waals surface area contributed by atoms with Crippen LogP contribution in [0.5, 0.6) is 0 Å². The quantitative estimate of drug-likeness (QED) is 0.670. The summed E-state index contributed by atoms with van der Waals surface area (Å²) in [5.74, 6) is -1.26. The maximum atomic E-state index is 13.7. The highest BCUT2D eigenvalue weighted by Gasteiger charge is 2.17. The van der Waals surface area contributed by atoms with E-state index < -0.39 is 11.7 Å². The molecule has 22 heavy (non-hydrogen) atoms. The minimum absolute atomic E-state index is 0.0725. The molecule has 1 aromatic heterocycles. The molecule has 0 bridgehead atoms. The molecule has 0 spiro atoms. The third-order valence-corrected chi connectivity index (χ3v) is 4.98. The van der Waals surface area contributed by atoms with Gasteiger partial charge in [-0.1, -0.05) is 29.0 Å². The van der Waals surface area contributed by atoms with E-state index >= 15 is 0 Å². The molecule has 3 aromatic rings. The van der Waals surface area contributed by atoms with Crippen LogP contribution in [0.4, 0.5) is 9.52 Å². The van der Waals surface area contributed by atoms with E-state index in [2.05, 4.69) is 10.3 Å². The van der Waals surface area contributed by atoms with Crippen LogP contribution in [0.15, 0.2) is 41.3 Å². The zero-order chi connectivity index (χ0) is 15.7. The lowest BCUT2D eigenvalue weighted by Gasteiger charge is -2.04. The van der Waals surface area contributed by atoms with E-state index in [1.165, 1.54) is 29.5 Å². The van der Waals surface area contributed by atoms with E-state index in [9.17, 15) is 9.18 Å². The van der Waals surface area contributed by atoms with Crippen LogP contribution in [0.2, 0.25) is 5.02 Å². The summed E-state index contributed by atoms with van der Waals surface area (Å²) in [6, 6.07) is 9.99. The first-order valence-electron chi connectivity index (χ1n) is 6.28. The number of nitrogens with zero attached hydrogens (tertiary/aromatic N) is 1. The first-order valence-corrected chi connectivity index (χ1v) is 8.70. The highest BCUT2D eigenvalue weighted by atomic mass is 35.5. The second-order valence-electron chi connectivity index (χ2n) is 4.40. The molecule has 0 aliphatic rings. The lowest BCUT2D eigenvalue weighted by atomic mass is 10.2. The zero-order valence-corrected chi connectivity index (χ0v) is 13.8. The number of halogens is 2. The molecule has 0 radical (unpaired) electrons. The van der Waals surface area contributed by atoms with Gasteiger partial charge in [0.2, 0.25) is 0 Å². The number of hydrogen-bond acceptors (Lipinski definition) is 4. The van der Waals surface area contributed by atoms with Gasteiger partial charge >= 0.3 is 0 Å². The van der Waals surface area contributed by atoms with E-state index in [1.54, 1.807) is 11.8 Å². The number of fused-ring (bicyclic) bond motifs is 1. The molecule has 7 heteroatoms. The van der Waals surface area contributed by atoms with Gasteiger partial charge in [0.1, 0.15) is 5.82 Å². The topological polar surface area (TPSA) is 42.0 Å². The maximum absolute atomic E-state index is 13.7. The second-order valence-corrected chi connectivity index (χ2v) is 6.72. The predicted molar refractivity (Wildman–Crippen MR) is 90.8 cm³/mol. The van der Waals surface area contributed by atoms with Crippen LogP contribution < -0.4 is 5.32 Å². The first-order chi connectivity index (χ1) is 10.6. The normalized spacial score (nSPS) is 10.9. The van der Waals surface area contributed by atoms with Crippen LogP contribution in [-0.4, -0.2) is 17.1 Å². The lowest BCUT2D eigenvalue weighted by molar-refractivity contribution is 0.102. The molecule has 0 atom stereocenters. The molecule has 3 nitrogen and oxygen atoms in total. The summed E-state index contributed by atoms with van der Waals surface area (Å²) < 4.78 is 14.7. The van der Waals surface area contributed by atoms with Gasteiger partial charge in [-0.25, -0.2) is 9.37 Å².